The number of ketones is 1. The average molecular weight is 529 g/mol. The Hall–Kier alpha value is -2.85. The standard InChI is InChI=1S/C27H33FN4O4S/c1-3-36-25(34)10-6-9-22-23(30-31-29-22)15-19-16-32(14-13-24(19)37-17(2)33)26(27(35)18-11-12-18)20-7-4-5-8-21(20)28/h4-5,7-8,15,18,24,26H,3,6,9-14,16H2,1-2H3,(H,29,30,31). The molecule has 1 aliphatic heterocycles. The lowest BCUT2D eigenvalue weighted by Gasteiger charge is -2.38. The smallest absolute Gasteiger partial charge is 0.305 e. The monoisotopic (exact) mass is 528 g/mol. The van der Waals surface area contributed by atoms with E-state index in [1.54, 1.807) is 32.0 Å². The van der Waals surface area contributed by atoms with Gasteiger partial charge in [0, 0.05) is 43.2 Å². The lowest BCUT2D eigenvalue weighted by Crippen LogP contribution is -2.43. The summed E-state index contributed by atoms with van der Waals surface area (Å²) in [6.07, 6.45) is 5.67. The molecule has 0 radical (unpaired) electrons. The molecule has 1 saturated carbocycles. The summed E-state index contributed by atoms with van der Waals surface area (Å²) < 4.78 is 19.9. The predicted octanol–water partition coefficient (Wildman–Crippen LogP) is 4.29. The molecule has 2 unspecified atom stereocenters. The maximum Gasteiger partial charge on any atom is 0.305 e. The molecule has 0 bridgehead atoms. The molecule has 1 N–H and O–H groups in total. The van der Waals surface area contributed by atoms with Crippen LogP contribution in [0.5, 0.6) is 0 Å². The molecule has 4 rings (SSSR count). The van der Waals surface area contributed by atoms with Gasteiger partial charge in [0.25, 0.3) is 0 Å². The normalized spacial score (nSPS) is 20.1. The number of nitrogens with one attached hydrogen (secondary N) is 1. The lowest BCUT2D eigenvalue weighted by atomic mass is 9.93. The van der Waals surface area contributed by atoms with Crippen LogP contribution in [-0.2, 0) is 25.5 Å². The van der Waals surface area contributed by atoms with E-state index in [-0.39, 0.29) is 33.9 Å². The van der Waals surface area contributed by atoms with Crippen LogP contribution in [0.3, 0.4) is 0 Å². The van der Waals surface area contributed by atoms with E-state index < -0.39 is 6.04 Å². The van der Waals surface area contributed by atoms with E-state index >= 15 is 0 Å². The third kappa shape index (κ3) is 7.13. The number of nitrogens with zero attached hydrogens (tertiary/aromatic N) is 3. The van der Waals surface area contributed by atoms with E-state index in [1.807, 2.05) is 11.0 Å². The van der Waals surface area contributed by atoms with Gasteiger partial charge in [0.2, 0.25) is 0 Å². The van der Waals surface area contributed by atoms with Crippen molar-refractivity contribution in [2.75, 3.05) is 19.7 Å². The molecule has 2 aliphatic rings. The highest BCUT2D eigenvalue weighted by atomic mass is 32.2. The summed E-state index contributed by atoms with van der Waals surface area (Å²) >= 11 is 1.27. The number of likely N-dealkylation sites (tertiary alicyclic amines) is 1. The minimum Gasteiger partial charge on any atom is -0.466 e. The van der Waals surface area contributed by atoms with Gasteiger partial charge in [-0.2, -0.15) is 15.4 Å². The van der Waals surface area contributed by atoms with Crippen molar-refractivity contribution in [3.8, 4) is 0 Å². The summed E-state index contributed by atoms with van der Waals surface area (Å²) in [5, 5.41) is 11.2. The van der Waals surface area contributed by atoms with Gasteiger partial charge < -0.3 is 4.74 Å². The SMILES string of the molecule is CCOC(=O)CCCc1n[nH]nc1C=C1CN(C(C(=O)C2CC2)c2ccccc2F)CCC1SC(C)=O. The number of thioether (sulfide) groups is 1. The number of ether oxygens (including phenoxy) is 1. The first-order chi connectivity index (χ1) is 17.9. The van der Waals surface area contributed by atoms with Gasteiger partial charge in [-0.25, -0.2) is 4.39 Å². The molecule has 8 nitrogen and oxygen atoms in total. The highest BCUT2D eigenvalue weighted by Gasteiger charge is 2.41. The topological polar surface area (TPSA) is 105 Å². The van der Waals surface area contributed by atoms with Crippen molar-refractivity contribution in [2.24, 2.45) is 5.92 Å². The van der Waals surface area contributed by atoms with E-state index in [4.69, 9.17) is 4.74 Å². The lowest BCUT2D eigenvalue weighted by molar-refractivity contribution is -0.143. The van der Waals surface area contributed by atoms with Crippen LogP contribution in [0.2, 0.25) is 0 Å². The predicted molar refractivity (Wildman–Crippen MR) is 139 cm³/mol. The number of hydrogen-bond acceptors (Lipinski definition) is 8. The molecule has 1 aliphatic carbocycles. The summed E-state index contributed by atoms with van der Waals surface area (Å²) in [6, 6.07) is 5.82. The minimum absolute atomic E-state index is 0.0128. The second-order valence-corrected chi connectivity index (χ2v) is 10.9. The average Bonchev–Trinajstić information content (AvgIpc) is 3.63. The zero-order chi connectivity index (χ0) is 26.4. The molecule has 0 spiro atoms. The fourth-order valence-electron chi connectivity index (χ4n) is 4.77. The molecular formula is C27H33FN4O4S. The van der Waals surface area contributed by atoms with Gasteiger partial charge in [-0.1, -0.05) is 30.0 Å². The van der Waals surface area contributed by atoms with Crippen LogP contribution in [-0.4, -0.2) is 62.1 Å². The number of esters is 1. The molecule has 198 valence electrons. The number of halogens is 1. The van der Waals surface area contributed by atoms with E-state index in [1.165, 1.54) is 17.8 Å². The van der Waals surface area contributed by atoms with Gasteiger partial charge in [-0.3, -0.25) is 19.3 Å². The molecule has 1 saturated heterocycles. The molecule has 1 aromatic carbocycles. The van der Waals surface area contributed by atoms with Crippen LogP contribution in [0.15, 0.2) is 29.8 Å². The first-order valence-electron chi connectivity index (χ1n) is 12.8. The van der Waals surface area contributed by atoms with E-state index in [0.29, 0.717) is 56.6 Å². The van der Waals surface area contributed by atoms with Crippen molar-refractivity contribution in [1.82, 2.24) is 20.3 Å². The molecule has 1 aromatic heterocycles. The van der Waals surface area contributed by atoms with E-state index in [2.05, 4.69) is 15.4 Å². The highest BCUT2D eigenvalue weighted by molar-refractivity contribution is 8.14. The molecule has 2 fully saturated rings. The maximum absolute atomic E-state index is 14.9. The van der Waals surface area contributed by atoms with Crippen LogP contribution >= 0.6 is 11.8 Å². The minimum atomic E-state index is -0.665. The number of hydrogen-bond donors (Lipinski definition) is 1. The Kier molecular flexibility index (Phi) is 9.26. The number of aromatic amines is 1. The largest absolute Gasteiger partial charge is 0.466 e. The molecular weight excluding hydrogens is 495 g/mol. The molecule has 10 heteroatoms. The van der Waals surface area contributed by atoms with Crippen molar-refractivity contribution in [3.63, 3.8) is 0 Å². The van der Waals surface area contributed by atoms with Crippen molar-refractivity contribution in [1.29, 1.82) is 0 Å². The van der Waals surface area contributed by atoms with Gasteiger partial charge >= 0.3 is 5.97 Å². The molecule has 2 aromatic rings. The Morgan fingerprint density at radius 2 is 2.03 bits per heavy atom. The van der Waals surface area contributed by atoms with E-state index in [0.717, 1.165) is 24.1 Å². The summed E-state index contributed by atoms with van der Waals surface area (Å²) in [4.78, 5) is 39.1. The molecule has 2 heterocycles. The third-order valence-electron chi connectivity index (χ3n) is 6.67. The Morgan fingerprint density at radius 1 is 1.24 bits per heavy atom. The first kappa shape index (κ1) is 27.2. The van der Waals surface area contributed by atoms with Gasteiger partial charge in [-0.15, -0.1) is 0 Å². The summed E-state index contributed by atoms with van der Waals surface area (Å²) in [5.41, 5.74) is 2.71. The van der Waals surface area contributed by atoms with Crippen LogP contribution in [0.1, 0.15) is 68.9 Å². The maximum atomic E-state index is 14.9. The quantitative estimate of drug-likeness (QED) is 0.431. The molecule has 2 atom stereocenters. The van der Waals surface area contributed by atoms with Gasteiger partial charge in [-0.05, 0) is 56.7 Å². The zero-order valence-corrected chi connectivity index (χ0v) is 22.1. The fourth-order valence-corrected chi connectivity index (χ4v) is 5.68. The second-order valence-electron chi connectivity index (χ2n) is 9.49. The summed E-state index contributed by atoms with van der Waals surface area (Å²) in [7, 11) is 0. The first-order valence-corrected chi connectivity index (χ1v) is 13.7. The van der Waals surface area contributed by atoms with E-state index in [9.17, 15) is 18.8 Å². The number of carbonyl (C=O) groups excluding carboxylic acids is 3. The number of H-pyrrole nitrogens is 1. The fraction of sp³-hybridized carbons (Fsp3) is 0.519. The van der Waals surface area contributed by atoms with Gasteiger partial charge in [0.15, 0.2) is 10.9 Å². The van der Waals surface area contributed by atoms with Crippen molar-refractivity contribution in [2.45, 2.75) is 63.7 Å². The second kappa shape index (κ2) is 12.6. The molecule has 0 amide bonds. The summed E-state index contributed by atoms with van der Waals surface area (Å²) in [5.74, 6) is -0.593. The molecule has 37 heavy (non-hydrogen) atoms. The number of aryl methyl sites for hydroxylation is 1. The Balaban J connectivity index is 1.58. The number of rotatable bonds is 11. The van der Waals surface area contributed by atoms with Crippen LogP contribution in [0.25, 0.3) is 6.08 Å². The number of carbonyl (C=O) groups is 3. The number of Topliss-reactive ketones (excluding diaryl/α,β-unsaturated/α-hetero) is 1. The zero-order valence-electron chi connectivity index (χ0n) is 21.2. The van der Waals surface area contributed by atoms with Crippen LogP contribution in [0, 0.1) is 11.7 Å². The number of benzene rings is 1. The third-order valence-corrected chi connectivity index (χ3v) is 7.83. The summed E-state index contributed by atoms with van der Waals surface area (Å²) in [6.45, 7) is 4.66. The van der Waals surface area contributed by atoms with Crippen molar-refractivity contribution in [3.05, 3.63) is 52.6 Å². The van der Waals surface area contributed by atoms with Crippen LogP contribution < -0.4 is 0 Å². The van der Waals surface area contributed by atoms with Gasteiger partial charge in [0.1, 0.15) is 11.5 Å². The number of piperidine rings is 1. The Morgan fingerprint density at radius 3 is 2.73 bits per heavy atom. The Labute approximate surface area is 220 Å². The Bertz CT molecular complexity index is 1160. The van der Waals surface area contributed by atoms with Gasteiger partial charge in [0.05, 0.1) is 18.3 Å². The van der Waals surface area contributed by atoms with Crippen molar-refractivity contribution < 1.29 is 23.5 Å². The van der Waals surface area contributed by atoms with Crippen LogP contribution in [0.4, 0.5) is 4.39 Å². The highest BCUT2D eigenvalue weighted by Crippen LogP contribution is 2.40. The van der Waals surface area contributed by atoms with Crippen molar-refractivity contribution >= 4 is 34.7 Å². The number of aromatic nitrogens is 3.